The molecule has 2 aromatic rings. The van der Waals surface area contributed by atoms with Gasteiger partial charge in [0, 0.05) is 4.47 Å². The lowest BCUT2D eigenvalue weighted by atomic mass is 10.2. The summed E-state index contributed by atoms with van der Waals surface area (Å²) >= 11 is 9.18. The molecular weight excluding hydrogens is 373 g/mol. The van der Waals surface area contributed by atoms with Gasteiger partial charge in [0.05, 0.1) is 10.7 Å². The SMILES string of the molecule is CC[C@H](Oc1ccccc1Cl)C(=O)Nc1ccc(Br)cc1F. The number of carbonyl (C=O) groups is 1. The Morgan fingerprint density at radius 2 is 2.09 bits per heavy atom. The van der Waals surface area contributed by atoms with Gasteiger partial charge in [-0.2, -0.15) is 0 Å². The lowest BCUT2D eigenvalue weighted by Gasteiger charge is -2.18. The molecule has 2 aromatic carbocycles. The number of nitrogens with one attached hydrogen (secondary N) is 1. The summed E-state index contributed by atoms with van der Waals surface area (Å²) in [5, 5.41) is 2.95. The van der Waals surface area contributed by atoms with E-state index in [2.05, 4.69) is 21.2 Å². The van der Waals surface area contributed by atoms with Crippen molar-refractivity contribution in [2.24, 2.45) is 0 Å². The van der Waals surface area contributed by atoms with Crippen molar-refractivity contribution in [1.29, 1.82) is 0 Å². The van der Waals surface area contributed by atoms with Gasteiger partial charge in [0.15, 0.2) is 6.10 Å². The van der Waals surface area contributed by atoms with Crippen LogP contribution in [0.15, 0.2) is 46.9 Å². The molecule has 0 aliphatic carbocycles. The van der Waals surface area contributed by atoms with E-state index in [0.29, 0.717) is 21.7 Å². The van der Waals surface area contributed by atoms with Gasteiger partial charge in [0.1, 0.15) is 11.6 Å². The van der Waals surface area contributed by atoms with Crippen molar-refractivity contribution in [3.8, 4) is 5.75 Å². The molecule has 0 aliphatic heterocycles. The van der Waals surface area contributed by atoms with Gasteiger partial charge in [-0.05, 0) is 36.8 Å². The Kier molecular flexibility index (Phi) is 5.80. The predicted molar refractivity (Wildman–Crippen MR) is 88.9 cm³/mol. The lowest BCUT2D eigenvalue weighted by molar-refractivity contribution is -0.122. The van der Waals surface area contributed by atoms with Crippen molar-refractivity contribution in [1.82, 2.24) is 0 Å². The van der Waals surface area contributed by atoms with E-state index in [1.807, 2.05) is 0 Å². The summed E-state index contributed by atoms with van der Waals surface area (Å²) in [6, 6.07) is 11.3. The lowest BCUT2D eigenvalue weighted by Crippen LogP contribution is -2.32. The summed E-state index contributed by atoms with van der Waals surface area (Å²) < 4.78 is 20.0. The first kappa shape index (κ1) is 16.8. The molecule has 0 radical (unpaired) electrons. The van der Waals surface area contributed by atoms with Crippen LogP contribution in [0.1, 0.15) is 13.3 Å². The van der Waals surface area contributed by atoms with E-state index < -0.39 is 17.8 Å². The summed E-state index contributed by atoms with van der Waals surface area (Å²) in [7, 11) is 0. The maximum Gasteiger partial charge on any atom is 0.265 e. The van der Waals surface area contributed by atoms with Crippen LogP contribution in [0.25, 0.3) is 0 Å². The van der Waals surface area contributed by atoms with Crippen molar-refractivity contribution in [2.45, 2.75) is 19.4 Å². The third kappa shape index (κ3) is 4.21. The minimum Gasteiger partial charge on any atom is -0.479 e. The first-order valence-electron chi connectivity index (χ1n) is 6.68. The number of benzene rings is 2. The quantitative estimate of drug-likeness (QED) is 0.782. The number of para-hydroxylation sites is 1. The van der Waals surface area contributed by atoms with Gasteiger partial charge in [-0.1, -0.05) is 46.6 Å². The fraction of sp³-hybridized carbons (Fsp3) is 0.188. The van der Waals surface area contributed by atoms with Crippen LogP contribution >= 0.6 is 27.5 Å². The summed E-state index contributed by atoms with van der Waals surface area (Å²) in [6.07, 6.45) is -0.335. The third-order valence-corrected chi connectivity index (χ3v) is 3.76. The molecule has 0 fully saturated rings. The molecule has 116 valence electrons. The topological polar surface area (TPSA) is 38.3 Å². The average molecular weight is 387 g/mol. The first-order valence-corrected chi connectivity index (χ1v) is 7.85. The second-order valence-corrected chi connectivity index (χ2v) is 5.88. The average Bonchev–Trinajstić information content (AvgIpc) is 2.49. The van der Waals surface area contributed by atoms with Gasteiger partial charge in [-0.3, -0.25) is 4.79 Å². The second kappa shape index (κ2) is 7.61. The van der Waals surface area contributed by atoms with Crippen molar-refractivity contribution in [3.63, 3.8) is 0 Å². The zero-order chi connectivity index (χ0) is 16.1. The first-order chi connectivity index (χ1) is 10.5. The summed E-state index contributed by atoms with van der Waals surface area (Å²) in [5.74, 6) is -0.526. The maximum atomic E-state index is 13.8. The third-order valence-electron chi connectivity index (χ3n) is 2.96. The monoisotopic (exact) mass is 385 g/mol. The second-order valence-electron chi connectivity index (χ2n) is 4.56. The molecule has 0 aliphatic rings. The van der Waals surface area contributed by atoms with Crippen LogP contribution in [0.4, 0.5) is 10.1 Å². The molecule has 22 heavy (non-hydrogen) atoms. The van der Waals surface area contributed by atoms with Crippen LogP contribution in [0.3, 0.4) is 0 Å². The van der Waals surface area contributed by atoms with Gasteiger partial charge < -0.3 is 10.1 Å². The van der Waals surface area contributed by atoms with Crippen LogP contribution in [-0.2, 0) is 4.79 Å². The highest BCUT2D eigenvalue weighted by Gasteiger charge is 2.20. The van der Waals surface area contributed by atoms with Crippen LogP contribution in [0.2, 0.25) is 5.02 Å². The molecule has 0 spiro atoms. The minimum absolute atomic E-state index is 0.106. The van der Waals surface area contributed by atoms with Gasteiger partial charge >= 0.3 is 0 Å². The molecule has 3 nitrogen and oxygen atoms in total. The molecule has 6 heteroatoms. The molecule has 0 bridgehead atoms. The Labute approximate surface area is 141 Å². The van der Waals surface area contributed by atoms with Gasteiger partial charge in [0.2, 0.25) is 0 Å². The maximum absolute atomic E-state index is 13.8. The Balaban J connectivity index is 2.10. The van der Waals surface area contributed by atoms with Crippen LogP contribution in [0.5, 0.6) is 5.75 Å². The number of hydrogen-bond acceptors (Lipinski definition) is 2. The molecule has 1 amide bonds. The number of anilines is 1. The van der Waals surface area contributed by atoms with E-state index in [-0.39, 0.29) is 5.69 Å². The summed E-state index contributed by atoms with van der Waals surface area (Å²) in [6.45, 7) is 1.80. The number of rotatable bonds is 5. The highest BCUT2D eigenvalue weighted by molar-refractivity contribution is 9.10. The molecule has 0 unspecified atom stereocenters. The summed E-state index contributed by atoms with van der Waals surface area (Å²) in [5.41, 5.74) is 0.106. The molecule has 1 atom stereocenters. The predicted octanol–water partition coefficient (Wildman–Crippen LogP) is 5.04. The fourth-order valence-corrected chi connectivity index (χ4v) is 2.33. The van der Waals surface area contributed by atoms with Gasteiger partial charge in [0.25, 0.3) is 5.91 Å². The highest BCUT2D eigenvalue weighted by atomic mass is 79.9. The molecule has 0 saturated heterocycles. The van der Waals surface area contributed by atoms with E-state index in [0.717, 1.165) is 0 Å². The highest BCUT2D eigenvalue weighted by Crippen LogP contribution is 2.25. The van der Waals surface area contributed by atoms with Crippen LogP contribution < -0.4 is 10.1 Å². The van der Waals surface area contributed by atoms with E-state index in [4.69, 9.17) is 16.3 Å². The van der Waals surface area contributed by atoms with Crippen LogP contribution in [0, 0.1) is 5.82 Å². The van der Waals surface area contributed by atoms with Crippen molar-refractivity contribution < 1.29 is 13.9 Å². The number of halogens is 3. The summed E-state index contributed by atoms with van der Waals surface area (Å²) in [4.78, 5) is 12.2. The smallest absolute Gasteiger partial charge is 0.265 e. The molecule has 2 rings (SSSR count). The number of hydrogen-bond donors (Lipinski definition) is 1. The zero-order valence-electron chi connectivity index (χ0n) is 11.8. The number of ether oxygens (including phenoxy) is 1. The molecule has 0 heterocycles. The van der Waals surface area contributed by atoms with E-state index >= 15 is 0 Å². The Morgan fingerprint density at radius 3 is 2.73 bits per heavy atom. The van der Waals surface area contributed by atoms with E-state index in [9.17, 15) is 9.18 Å². The zero-order valence-corrected chi connectivity index (χ0v) is 14.1. The number of amides is 1. The molecule has 0 aromatic heterocycles. The molecule has 1 N–H and O–H groups in total. The Bertz CT molecular complexity index is 681. The minimum atomic E-state index is -0.761. The fourth-order valence-electron chi connectivity index (χ4n) is 1.82. The Morgan fingerprint density at radius 1 is 1.36 bits per heavy atom. The van der Waals surface area contributed by atoms with Crippen molar-refractivity contribution in [3.05, 3.63) is 57.8 Å². The number of carbonyl (C=O) groups excluding carboxylic acids is 1. The molecular formula is C16H14BrClFNO2. The van der Waals surface area contributed by atoms with E-state index in [1.165, 1.54) is 12.1 Å². The van der Waals surface area contributed by atoms with Gasteiger partial charge in [-0.25, -0.2) is 4.39 Å². The van der Waals surface area contributed by atoms with Gasteiger partial charge in [-0.15, -0.1) is 0 Å². The Hall–Kier alpha value is -1.59. The van der Waals surface area contributed by atoms with Crippen molar-refractivity contribution in [2.75, 3.05) is 5.32 Å². The standard InChI is InChI=1S/C16H14BrClFNO2/c1-2-14(22-15-6-4-3-5-11(15)18)16(21)20-13-8-7-10(17)9-12(13)19/h3-9,14H,2H2,1H3,(H,20,21)/t14-/m0/s1. The van der Waals surface area contributed by atoms with E-state index in [1.54, 1.807) is 37.3 Å². The normalized spacial score (nSPS) is 11.8. The molecule has 0 saturated carbocycles. The van der Waals surface area contributed by atoms with Crippen molar-refractivity contribution >= 4 is 39.1 Å². The van der Waals surface area contributed by atoms with Crippen LogP contribution in [-0.4, -0.2) is 12.0 Å². The largest absolute Gasteiger partial charge is 0.479 e.